The van der Waals surface area contributed by atoms with Gasteiger partial charge in [-0.05, 0) is 25.3 Å². The van der Waals surface area contributed by atoms with Crippen molar-refractivity contribution in [2.45, 2.75) is 17.0 Å². The van der Waals surface area contributed by atoms with E-state index in [1.165, 1.54) is 11.8 Å². The average Bonchev–Trinajstić information content (AvgIpc) is 2.53. The van der Waals surface area contributed by atoms with Crippen molar-refractivity contribution in [3.8, 4) is 11.3 Å². The lowest BCUT2D eigenvalue weighted by molar-refractivity contribution is -0.384. The van der Waals surface area contributed by atoms with Gasteiger partial charge in [0.2, 0.25) is 0 Å². The van der Waals surface area contributed by atoms with E-state index >= 15 is 0 Å². The molecule has 0 spiro atoms. The normalized spacial score (nSPS) is 11.4. The number of rotatable bonds is 5. The van der Waals surface area contributed by atoms with Crippen LogP contribution in [0.1, 0.15) is 5.69 Å². The Labute approximate surface area is 137 Å². The summed E-state index contributed by atoms with van der Waals surface area (Å²) < 4.78 is 28.7. The quantitative estimate of drug-likeness (QED) is 0.264. The Kier molecular flexibility index (Phi) is 4.97. The first-order valence-electron chi connectivity index (χ1n) is 6.27. The number of nitro benzene ring substituents is 1. The Hall–Kier alpha value is -2.04. The summed E-state index contributed by atoms with van der Waals surface area (Å²) in [5, 5.41) is 11.4. The summed E-state index contributed by atoms with van der Waals surface area (Å²) in [5.41, 5.74) is 0.756. The third-order valence-corrected chi connectivity index (χ3v) is 4.84. The van der Waals surface area contributed by atoms with Crippen molar-refractivity contribution >= 4 is 27.6 Å². The number of thioether (sulfide) groups is 1. The van der Waals surface area contributed by atoms with E-state index in [0.717, 1.165) is 25.3 Å². The largest absolute Gasteiger partial charge is 0.297 e. The highest BCUT2D eigenvalue weighted by Crippen LogP contribution is 2.31. The molecule has 0 aliphatic rings. The van der Waals surface area contributed by atoms with Gasteiger partial charge in [0.25, 0.3) is 15.8 Å². The van der Waals surface area contributed by atoms with E-state index in [1.807, 2.05) is 0 Å². The van der Waals surface area contributed by atoms with Gasteiger partial charge in [0.1, 0.15) is 4.90 Å². The number of nitrogens with zero attached hydrogens (tertiary/aromatic N) is 3. The average molecular weight is 355 g/mol. The number of aromatic nitrogens is 2. The molecule has 122 valence electrons. The minimum absolute atomic E-state index is 0.0989. The van der Waals surface area contributed by atoms with Crippen LogP contribution in [-0.4, -0.2) is 36.7 Å². The minimum Gasteiger partial charge on any atom is -0.270 e. The summed E-state index contributed by atoms with van der Waals surface area (Å²) in [4.78, 5) is 18.6. The second-order valence-electron chi connectivity index (χ2n) is 4.44. The van der Waals surface area contributed by atoms with E-state index in [-0.39, 0.29) is 21.8 Å². The number of nitro groups is 1. The zero-order chi connectivity index (χ0) is 17.2. The van der Waals surface area contributed by atoms with Crippen LogP contribution in [0, 0.1) is 17.0 Å². The van der Waals surface area contributed by atoms with Crippen molar-refractivity contribution in [2.75, 3.05) is 13.4 Å². The zero-order valence-electron chi connectivity index (χ0n) is 12.5. The van der Waals surface area contributed by atoms with Gasteiger partial charge in [-0.15, -0.1) is 0 Å². The van der Waals surface area contributed by atoms with Crippen LogP contribution in [0.25, 0.3) is 11.3 Å². The van der Waals surface area contributed by atoms with Gasteiger partial charge in [-0.2, -0.15) is 8.42 Å². The molecule has 0 fully saturated rings. The first-order valence-corrected chi connectivity index (χ1v) is 8.91. The molecule has 0 unspecified atom stereocenters. The Bertz CT molecular complexity index is 868. The first-order chi connectivity index (χ1) is 10.8. The van der Waals surface area contributed by atoms with Crippen LogP contribution >= 0.6 is 11.8 Å². The van der Waals surface area contributed by atoms with E-state index in [0.29, 0.717) is 10.9 Å². The lowest BCUT2D eigenvalue weighted by Gasteiger charge is -2.10. The second kappa shape index (κ2) is 6.60. The summed E-state index contributed by atoms with van der Waals surface area (Å²) in [6.07, 6.45) is 1.78. The van der Waals surface area contributed by atoms with E-state index in [1.54, 1.807) is 19.2 Å². The fourth-order valence-corrected chi connectivity index (χ4v) is 3.18. The molecule has 2 rings (SSSR count). The van der Waals surface area contributed by atoms with Gasteiger partial charge in [-0.25, -0.2) is 9.97 Å². The number of hydrogen-bond acceptors (Lipinski definition) is 8. The molecule has 0 aliphatic carbocycles. The molecule has 0 atom stereocenters. The van der Waals surface area contributed by atoms with Crippen LogP contribution in [0.5, 0.6) is 0 Å². The predicted octanol–water partition coefficient (Wildman–Crippen LogP) is 2.42. The van der Waals surface area contributed by atoms with Gasteiger partial charge < -0.3 is 0 Å². The molecular weight excluding hydrogens is 342 g/mol. The van der Waals surface area contributed by atoms with Gasteiger partial charge >= 0.3 is 0 Å². The highest BCUT2D eigenvalue weighted by atomic mass is 32.2. The van der Waals surface area contributed by atoms with Crippen LogP contribution in [0.2, 0.25) is 0 Å². The predicted molar refractivity (Wildman–Crippen MR) is 84.8 cm³/mol. The molecule has 0 N–H and O–H groups in total. The van der Waals surface area contributed by atoms with Crippen LogP contribution in [0.4, 0.5) is 5.69 Å². The maximum Gasteiger partial charge on any atom is 0.297 e. The van der Waals surface area contributed by atoms with E-state index in [4.69, 9.17) is 0 Å². The molecule has 1 heterocycles. The lowest BCUT2D eigenvalue weighted by Crippen LogP contribution is -2.06. The fourth-order valence-electron chi connectivity index (χ4n) is 1.91. The lowest BCUT2D eigenvalue weighted by atomic mass is 10.1. The maximum atomic E-state index is 12.1. The second-order valence-corrected chi connectivity index (χ2v) is 6.89. The Morgan fingerprint density at radius 2 is 1.96 bits per heavy atom. The topological polar surface area (TPSA) is 112 Å². The number of benzene rings is 1. The third kappa shape index (κ3) is 3.66. The SMILES string of the molecule is COS(=O)(=O)c1ccc([N+](=O)[O-])cc1-c1cc(C)nc(SC)n1. The van der Waals surface area contributed by atoms with Crippen molar-refractivity contribution in [3.05, 3.63) is 40.1 Å². The molecule has 2 aromatic rings. The maximum absolute atomic E-state index is 12.1. The molecule has 0 saturated heterocycles. The molecule has 10 heteroatoms. The van der Waals surface area contributed by atoms with Crippen molar-refractivity contribution in [1.82, 2.24) is 9.97 Å². The van der Waals surface area contributed by atoms with Crippen molar-refractivity contribution in [3.63, 3.8) is 0 Å². The fraction of sp³-hybridized carbons (Fsp3) is 0.231. The Balaban J connectivity index is 2.79. The molecule has 23 heavy (non-hydrogen) atoms. The molecule has 0 aliphatic heterocycles. The standard InChI is InChI=1S/C13H13N3O5S2/c1-8-6-11(15-13(14-8)22-3)10-7-9(16(17)18)4-5-12(10)23(19,20)21-2/h4-7H,1-3H3. The summed E-state index contributed by atoms with van der Waals surface area (Å²) in [6, 6.07) is 4.98. The van der Waals surface area contributed by atoms with Gasteiger partial charge in [0.15, 0.2) is 5.16 Å². The van der Waals surface area contributed by atoms with Gasteiger partial charge in [0.05, 0.1) is 17.7 Å². The number of hydrogen-bond donors (Lipinski definition) is 0. The van der Waals surface area contributed by atoms with Gasteiger partial charge in [-0.1, -0.05) is 11.8 Å². The van der Waals surface area contributed by atoms with Crippen molar-refractivity contribution < 1.29 is 17.5 Å². The molecule has 8 nitrogen and oxygen atoms in total. The van der Waals surface area contributed by atoms with E-state index in [9.17, 15) is 18.5 Å². The molecular formula is C13H13N3O5S2. The molecule has 1 aromatic heterocycles. The van der Waals surface area contributed by atoms with Crippen LogP contribution < -0.4 is 0 Å². The highest BCUT2D eigenvalue weighted by Gasteiger charge is 2.23. The molecule has 0 saturated carbocycles. The van der Waals surface area contributed by atoms with Crippen LogP contribution in [0.3, 0.4) is 0 Å². The molecule has 1 aromatic carbocycles. The number of aryl methyl sites for hydroxylation is 1. The Morgan fingerprint density at radius 1 is 1.26 bits per heavy atom. The van der Waals surface area contributed by atoms with Gasteiger partial charge in [-0.3, -0.25) is 14.3 Å². The summed E-state index contributed by atoms with van der Waals surface area (Å²) in [6.45, 7) is 1.73. The van der Waals surface area contributed by atoms with E-state index < -0.39 is 15.0 Å². The highest BCUT2D eigenvalue weighted by molar-refractivity contribution is 7.98. The Morgan fingerprint density at radius 3 is 2.52 bits per heavy atom. The zero-order valence-corrected chi connectivity index (χ0v) is 14.1. The smallest absolute Gasteiger partial charge is 0.270 e. The van der Waals surface area contributed by atoms with Crippen molar-refractivity contribution in [1.29, 1.82) is 0 Å². The van der Waals surface area contributed by atoms with E-state index in [2.05, 4.69) is 14.2 Å². The summed E-state index contributed by atoms with van der Waals surface area (Å²) in [7, 11) is -3.01. The number of non-ortho nitro benzene ring substituents is 1. The molecule has 0 radical (unpaired) electrons. The summed E-state index contributed by atoms with van der Waals surface area (Å²) >= 11 is 1.28. The third-order valence-electron chi connectivity index (χ3n) is 2.95. The monoisotopic (exact) mass is 355 g/mol. The van der Waals surface area contributed by atoms with Crippen LogP contribution in [-0.2, 0) is 14.3 Å². The molecule has 0 bridgehead atoms. The van der Waals surface area contributed by atoms with Crippen LogP contribution in [0.15, 0.2) is 34.3 Å². The van der Waals surface area contributed by atoms with Gasteiger partial charge in [0, 0.05) is 23.4 Å². The minimum atomic E-state index is -4.04. The summed E-state index contributed by atoms with van der Waals surface area (Å²) in [5.74, 6) is 0. The first kappa shape index (κ1) is 17.3. The molecule has 0 amide bonds. The van der Waals surface area contributed by atoms with Crippen molar-refractivity contribution in [2.24, 2.45) is 0 Å².